The van der Waals surface area contributed by atoms with Crippen molar-refractivity contribution in [1.82, 2.24) is 4.98 Å². The van der Waals surface area contributed by atoms with Crippen molar-refractivity contribution in [3.63, 3.8) is 0 Å². The number of hydrogen-bond donors (Lipinski definition) is 2. The second-order valence-corrected chi connectivity index (χ2v) is 6.02. The van der Waals surface area contributed by atoms with E-state index in [1.54, 1.807) is 36.8 Å². The molecule has 0 atom stereocenters. The monoisotopic (exact) mass is 353 g/mol. The minimum Gasteiger partial charge on any atom is -0.497 e. The van der Waals surface area contributed by atoms with Crippen molar-refractivity contribution < 1.29 is 14.3 Å². The van der Waals surface area contributed by atoms with Crippen molar-refractivity contribution >= 4 is 28.8 Å². The number of carbonyl (C=O) groups excluding carboxylic acids is 2. The predicted octanol–water partition coefficient (Wildman–Crippen LogP) is 3.17. The first-order valence-electron chi connectivity index (χ1n) is 7.38. The van der Waals surface area contributed by atoms with Gasteiger partial charge >= 0.3 is 0 Å². The van der Waals surface area contributed by atoms with Gasteiger partial charge in [-0.2, -0.15) is 0 Å². The SMILES string of the molecule is COc1ccc(-c2nc(C(=O)Nc3ccc(C(N)=O)cc3)cs2)cc1. The van der Waals surface area contributed by atoms with Crippen LogP contribution >= 0.6 is 11.3 Å². The number of amides is 2. The minimum absolute atomic E-state index is 0.317. The maximum atomic E-state index is 12.3. The van der Waals surface area contributed by atoms with Gasteiger partial charge in [0.05, 0.1) is 7.11 Å². The van der Waals surface area contributed by atoms with Crippen LogP contribution in [0.5, 0.6) is 5.75 Å². The van der Waals surface area contributed by atoms with Crippen LogP contribution in [0.2, 0.25) is 0 Å². The summed E-state index contributed by atoms with van der Waals surface area (Å²) in [4.78, 5) is 27.7. The zero-order chi connectivity index (χ0) is 17.8. The zero-order valence-electron chi connectivity index (χ0n) is 13.4. The van der Waals surface area contributed by atoms with Crippen LogP contribution in [0.1, 0.15) is 20.8 Å². The highest BCUT2D eigenvalue weighted by atomic mass is 32.1. The van der Waals surface area contributed by atoms with Crippen LogP contribution in [0, 0.1) is 0 Å². The smallest absolute Gasteiger partial charge is 0.275 e. The second kappa shape index (κ2) is 7.14. The number of primary amides is 1. The van der Waals surface area contributed by atoms with E-state index in [0.29, 0.717) is 16.9 Å². The summed E-state index contributed by atoms with van der Waals surface area (Å²) in [6.45, 7) is 0. The molecule has 0 radical (unpaired) electrons. The number of rotatable bonds is 5. The average Bonchev–Trinajstić information content (AvgIpc) is 3.12. The number of methoxy groups -OCH3 is 1. The molecule has 2 amide bonds. The summed E-state index contributed by atoms with van der Waals surface area (Å²) in [7, 11) is 1.61. The molecule has 2 aromatic carbocycles. The van der Waals surface area contributed by atoms with E-state index < -0.39 is 5.91 Å². The Morgan fingerprint density at radius 2 is 1.76 bits per heavy atom. The molecule has 0 spiro atoms. The third-order valence-electron chi connectivity index (χ3n) is 3.50. The Morgan fingerprint density at radius 1 is 1.08 bits per heavy atom. The van der Waals surface area contributed by atoms with Gasteiger partial charge in [0.15, 0.2) is 0 Å². The minimum atomic E-state index is -0.512. The summed E-state index contributed by atoms with van der Waals surface area (Å²) >= 11 is 1.39. The number of thiazole rings is 1. The molecular formula is C18H15N3O3S. The van der Waals surface area contributed by atoms with Crippen molar-refractivity contribution in [3.05, 3.63) is 65.2 Å². The summed E-state index contributed by atoms with van der Waals surface area (Å²) in [5, 5.41) is 5.19. The standard InChI is InChI=1S/C18H15N3O3S/c1-24-14-8-4-12(5-9-14)18-21-15(10-25-18)17(23)20-13-6-2-11(3-7-13)16(19)22/h2-10H,1H3,(H2,19,22)(H,20,23). The van der Waals surface area contributed by atoms with Crippen LogP contribution in [0.4, 0.5) is 5.69 Å². The van der Waals surface area contributed by atoms with E-state index in [1.807, 2.05) is 24.3 Å². The van der Waals surface area contributed by atoms with Crippen molar-refractivity contribution in [2.45, 2.75) is 0 Å². The number of ether oxygens (including phenoxy) is 1. The highest BCUT2D eigenvalue weighted by Gasteiger charge is 2.12. The van der Waals surface area contributed by atoms with E-state index >= 15 is 0 Å². The van der Waals surface area contributed by atoms with E-state index in [9.17, 15) is 9.59 Å². The van der Waals surface area contributed by atoms with E-state index in [4.69, 9.17) is 10.5 Å². The highest BCUT2D eigenvalue weighted by molar-refractivity contribution is 7.13. The Bertz CT molecular complexity index is 902. The topological polar surface area (TPSA) is 94.3 Å². The molecule has 6 nitrogen and oxygen atoms in total. The normalized spacial score (nSPS) is 10.3. The molecule has 0 aliphatic heterocycles. The Kier molecular flexibility index (Phi) is 4.76. The molecule has 0 saturated carbocycles. The van der Waals surface area contributed by atoms with Crippen molar-refractivity contribution in [3.8, 4) is 16.3 Å². The Morgan fingerprint density at radius 3 is 2.36 bits per heavy atom. The molecule has 25 heavy (non-hydrogen) atoms. The quantitative estimate of drug-likeness (QED) is 0.736. The summed E-state index contributed by atoms with van der Waals surface area (Å²) in [6.07, 6.45) is 0. The second-order valence-electron chi connectivity index (χ2n) is 5.16. The molecule has 0 fully saturated rings. The van der Waals surface area contributed by atoms with E-state index in [-0.39, 0.29) is 5.91 Å². The molecular weight excluding hydrogens is 338 g/mol. The van der Waals surface area contributed by atoms with Gasteiger partial charge in [0.2, 0.25) is 5.91 Å². The third-order valence-corrected chi connectivity index (χ3v) is 4.39. The number of nitrogens with two attached hydrogens (primary N) is 1. The molecule has 0 saturated heterocycles. The average molecular weight is 353 g/mol. The van der Waals surface area contributed by atoms with Gasteiger partial charge in [-0.25, -0.2) is 4.98 Å². The first-order chi connectivity index (χ1) is 12.1. The molecule has 126 valence electrons. The fourth-order valence-electron chi connectivity index (χ4n) is 2.16. The number of carbonyl (C=O) groups is 2. The van der Waals surface area contributed by atoms with Crippen molar-refractivity contribution in [2.75, 3.05) is 12.4 Å². The van der Waals surface area contributed by atoms with E-state index in [2.05, 4.69) is 10.3 Å². The van der Waals surface area contributed by atoms with Crippen LogP contribution in [0.25, 0.3) is 10.6 Å². The van der Waals surface area contributed by atoms with Crippen molar-refractivity contribution in [1.29, 1.82) is 0 Å². The zero-order valence-corrected chi connectivity index (χ0v) is 14.2. The molecule has 7 heteroatoms. The lowest BCUT2D eigenvalue weighted by Crippen LogP contribution is -2.13. The number of benzene rings is 2. The molecule has 3 N–H and O–H groups in total. The maximum Gasteiger partial charge on any atom is 0.275 e. The van der Waals surface area contributed by atoms with Crippen molar-refractivity contribution in [2.24, 2.45) is 5.73 Å². The largest absolute Gasteiger partial charge is 0.497 e. The summed E-state index contributed by atoms with van der Waals surface area (Å²) < 4.78 is 5.13. The summed E-state index contributed by atoms with van der Waals surface area (Å²) in [6, 6.07) is 13.8. The van der Waals surface area contributed by atoms with Gasteiger partial charge in [0.25, 0.3) is 5.91 Å². The van der Waals surface area contributed by atoms with E-state index in [1.165, 1.54) is 11.3 Å². The van der Waals surface area contributed by atoms with E-state index in [0.717, 1.165) is 16.3 Å². The van der Waals surface area contributed by atoms with Gasteiger partial charge in [-0.05, 0) is 48.5 Å². The van der Waals surface area contributed by atoms with Gasteiger partial charge in [-0.15, -0.1) is 11.3 Å². The molecule has 0 bridgehead atoms. The molecule has 1 heterocycles. The lowest BCUT2D eigenvalue weighted by molar-refractivity contribution is 0.0998. The lowest BCUT2D eigenvalue weighted by Gasteiger charge is -2.04. The van der Waals surface area contributed by atoms with Gasteiger partial charge < -0.3 is 15.8 Å². The number of hydrogen-bond acceptors (Lipinski definition) is 5. The Hall–Kier alpha value is -3.19. The first kappa shape index (κ1) is 16.7. The molecule has 0 aliphatic rings. The third kappa shape index (κ3) is 3.84. The predicted molar refractivity (Wildman–Crippen MR) is 97.0 cm³/mol. The lowest BCUT2D eigenvalue weighted by atomic mass is 10.2. The first-order valence-corrected chi connectivity index (χ1v) is 8.26. The van der Waals surface area contributed by atoms with Gasteiger partial charge in [-0.1, -0.05) is 0 Å². The number of aromatic nitrogens is 1. The summed E-state index contributed by atoms with van der Waals surface area (Å²) in [5.74, 6) is -0.0676. The Labute approximate surface area is 148 Å². The molecule has 3 aromatic rings. The number of anilines is 1. The van der Waals surface area contributed by atoms with Gasteiger partial charge in [-0.3, -0.25) is 9.59 Å². The summed E-state index contributed by atoms with van der Waals surface area (Å²) in [5.41, 5.74) is 7.38. The molecule has 0 aliphatic carbocycles. The Balaban J connectivity index is 1.72. The van der Waals surface area contributed by atoms with Crippen LogP contribution in [0.15, 0.2) is 53.9 Å². The highest BCUT2D eigenvalue weighted by Crippen LogP contribution is 2.26. The van der Waals surface area contributed by atoms with Crippen LogP contribution < -0.4 is 15.8 Å². The molecule has 3 rings (SSSR count). The molecule has 1 aromatic heterocycles. The number of nitrogens with one attached hydrogen (secondary N) is 1. The fraction of sp³-hybridized carbons (Fsp3) is 0.0556. The number of nitrogens with zero attached hydrogens (tertiary/aromatic N) is 1. The van der Waals surface area contributed by atoms with Gasteiger partial charge in [0, 0.05) is 22.2 Å². The van der Waals surface area contributed by atoms with Gasteiger partial charge in [0.1, 0.15) is 16.5 Å². The van der Waals surface area contributed by atoms with Crippen LogP contribution in [0.3, 0.4) is 0 Å². The maximum absolute atomic E-state index is 12.3. The van der Waals surface area contributed by atoms with Crippen LogP contribution in [-0.2, 0) is 0 Å². The van der Waals surface area contributed by atoms with Crippen LogP contribution in [-0.4, -0.2) is 23.9 Å². The fourth-order valence-corrected chi connectivity index (χ4v) is 2.96. The molecule has 0 unspecified atom stereocenters.